The van der Waals surface area contributed by atoms with E-state index in [1.807, 2.05) is 0 Å². The molecule has 0 saturated carbocycles. The summed E-state index contributed by atoms with van der Waals surface area (Å²) in [6.45, 7) is 4.22. The Balaban J connectivity index is 1.39. The first-order chi connectivity index (χ1) is 9.34. The maximum absolute atomic E-state index is 9.76. The van der Waals surface area contributed by atoms with Crippen LogP contribution in [0.2, 0.25) is 0 Å². The summed E-state index contributed by atoms with van der Waals surface area (Å²) < 4.78 is 16.5. The standard InChI is InChI=1S/C14H27NO4/c16-12(10-17-11-14-4-2-8-19-14)9-15-6-5-13-3-1-7-18-13/h12-16H,1-11H2. The van der Waals surface area contributed by atoms with E-state index in [0.29, 0.717) is 25.9 Å². The van der Waals surface area contributed by atoms with E-state index < -0.39 is 6.10 Å². The first kappa shape index (κ1) is 15.2. The Morgan fingerprint density at radius 2 is 1.89 bits per heavy atom. The molecular formula is C14H27NO4. The third-order valence-electron chi connectivity index (χ3n) is 3.69. The van der Waals surface area contributed by atoms with Crippen LogP contribution in [0.15, 0.2) is 0 Å². The molecule has 0 aliphatic carbocycles. The summed E-state index contributed by atoms with van der Waals surface area (Å²) in [5.41, 5.74) is 0. The van der Waals surface area contributed by atoms with Gasteiger partial charge in [0.25, 0.3) is 0 Å². The van der Waals surface area contributed by atoms with Crippen LogP contribution in [0.5, 0.6) is 0 Å². The van der Waals surface area contributed by atoms with Crippen molar-refractivity contribution in [3.05, 3.63) is 0 Å². The smallest absolute Gasteiger partial charge is 0.0897 e. The summed E-state index contributed by atoms with van der Waals surface area (Å²) in [7, 11) is 0. The number of aliphatic hydroxyl groups is 1. The van der Waals surface area contributed by atoms with Gasteiger partial charge in [-0.05, 0) is 38.6 Å². The summed E-state index contributed by atoms with van der Waals surface area (Å²) in [6, 6.07) is 0. The van der Waals surface area contributed by atoms with Gasteiger partial charge in [0.2, 0.25) is 0 Å². The minimum atomic E-state index is -0.439. The van der Waals surface area contributed by atoms with Crippen molar-refractivity contribution >= 4 is 0 Å². The molecule has 2 rings (SSSR count). The van der Waals surface area contributed by atoms with Crippen LogP contribution in [0.4, 0.5) is 0 Å². The third kappa shape index (κ3) is 6.19. The fourth-order valence-corrected chi connectivity index (χ4v) is 2.57. The Morgan fingerprint density at radius 1 is 1.16 bits per heavy atom. The molecule has 3 unspecified atom stereocenters. The number of aliphatic hydroxyl groups excluding tert-OH is 1. The Morgan fingerprint density at radius 3 is 2.58 bits per heavy atom. The van der Waals surface area contributed by atoms with E-state index in [1.54, 1.807) is 0 Å². The third-order valence-corrected chi connectivity index (χ3v) is 3.69. The van der Waals surface area contributed by atoms with Crippen LogP contribution in [-0.4, -0.2) is 62.9 Å². The first-order valence-electron chi connectivity index (χ1n) is 7.54. The molecule has 3 atom stereocenters. The van der Waals surface area contributed by atoms with Gasteiger partial charge in [-0.15, -0.1) is 0 Å². The molecule has 0 aromatic rings. The van der Waals surface area contributed by atoms with Crippen molar-refractivity contribution in [2.75, 3.05) is 39.5 Å². The number of rotatable bonds is 9. The van der Waals surface area contributed by atoms with Crippen LogP contribution < -0.4 is 5.32 Å². The number of nitrogens with one attached hydrogen (secondary N) is 1. The van der Waals surface area contributed by atoms with Crippen molar-refractivity contribution in [3.63, 3.8) is 0 Å². The van der Waals surface area contributed by atoms with Crippen LogP contribution >= 0.6 is 0 Å². The zero-order valence-corrected chi connectivity index (χ0v) is 11.7. The first-order valence-corrected chi connectivity index (χ1v) is 7.54. The van der Waals surface area contributed by atoms with Gasteiger partial charge in [-0.3, -0.25) is 0 Å². The zero-order valence-electron chi connectivity index (χ0n) is 11.7. The minimum absolute atomic E-state index is 0.236. The van der Waals surface area contributed by atoms with Gasteiger partial charge in [0.1, 0.15) is 0 Å². The van der Waals surface area contributed by atoms with Gasteiger partial charge in [0, 0.05) is 19.8 Å². The van der Waals surface area contributed by atoms with E-state index in [-0.39, 0.29) is 6.10 Å². The fourth-order valence-electron chi connectivity index (χ4n) is 2.57. The highest BCUT2D eigenvalue weighted by Gasteiger charge is 2.16. The summed E-state index contributed by atoms with van der Waals surface area (Å²) >= 11 is 0. The molecule has 0 aromatic carbocycles. The van der Waals surface area contributed by atoms with E-state index in [4.69, 9.17) is 14.2 Å². The normalized spacial score (nSPS) is 28.9. The highest BCUT2D eigenvalue weighted by Crippen LogP contribution is 2.14. The van der Waals surface area contributed by atoms with Crippen molar-refractivity contribution in [1.82, 2.24) is 5.32 Å². The molecule has 0 spiro atoms. The van der Waals surface area contributed by atoms with Gasteiger partial charge in [0.05, 0.1) is 31.5 Å². The van der Waals surface area contributed by atoms with E-state index in [9.17, 15) is 5.11 Å². The SMILES string of the molecule is OC(CNCCC1CCCO1)COCC1CCCO1. The Bertz CT molecular complexity index is 227. The molecule has 19 heavy (non-hydrogen) atoms. The molecule has 5 nitrogen and oxygen atoms in total. The van der Waals surface area contributed by atoms with Gasteiger partial charge in [-0.1, -0.05) is 0 Å². The highest BCUT2D eigenvalue weighted by atomic mass is 16.5. The van der Waals surface area contributed by atoms with Gasteiger partial charge in [0.15, 0.2) is 0 Å². The molecule has 0 radical (unpaired) electrons. The van der Waals surface area contributed by atoms with Crippen LogP contribution in [0.1, 0.15) is 32.1 Å². The molecule has 2 aliphatic rings. The molecule has 0 amide bonds. The monoisotopic (exact) mass is 273 g/mol. The lowest BCUT2D eigenvalue weighted by molar-refractivity contribution is -0.0165. The average molecular weight is 273 g/mol. The number of hydrogen-bond acceptors (Lipinski definition) is 5. The van der Waals surface area contributed by atoms with E-state index in [0.717, 1.165) is 39.0 Å². The molecule has 0 aromatic heterocycles. The summed E-state index contributed by atoms with van der Waals surface area (Å²) in [5.74, 6) is 0. The molecule has 2 heterocycles. The summed E-state index contributed by atoms with van der Waals surface area (Å²) in [6.07, 6.45) is 5.81. The Hall–Kier alpha value is -0.200. The predicted octanol–water partition coefficient (Wildman–Crippen LogP) is 0.702. The molecule has 0 bridgehead atoms. The second-order valence-corrected chi connectivity index (χ2v) is 5.45. The molecule has 2 saturated heterocycles. The molecule has 2 aliphatic heterocycles. The van der Waals surface area contributed by atoms with E-state index >= 15 is 0 Å². The molecule has 5 heteroatoms. The molecule has 2 N–H and O–H groups in total. The van der Waals surface area contributed by atoms with Crippen molar-refractivity contribution < 1.29 is 19.3 Å². The molecule has 2 fully saturated rings. The van der Waals surface area contributed by atoms with Crippen LogP contribution in [0, 0.1) is 0 Å². The fraction of sp³-hybridized carbons (Fsp3) is 1.00. The van der Waals surface area contributed by atoms with Crippen LogP contribution in [0.25, 0.3) is 0 Å². The minimum Gasteiger partial charge on any atom is -0.389 e. The maximum Gasteiger partial charge on any atom is 0.0897 e. The van der Waals surface area contributed by atoms with Gasteiger partial charge < -0.3 is 24.6 Å². The summed E-state index contributed by atoms with van der Waals surface area (Å²) in [4.78, 5) is 0. The molecule has 112 valence electrons. The van der Waals surface area contributed by atoms with Gasteiger partial charge in [-0.25, -0.2) is 0 Å². The quantitative estimate of drug-likeness (QED) is 0.606. The Labute approximate surface area is 115 Å². The second-order valence-electron chi connectivity index (χ2n) is 5.45. The van der Waals surface area contributed by atoms with Crippen LogP contribution in [-0.2, 0) is 14.2 Å². The van der Waals surface area contributed by atoms with Crippen molar-refractivity contribution in [1.29, 1.82) is 0 Å². The lowest BCUT2D eigenvalue weighted by Crippen LogP contribution is -2.33. The van der Waals surface area contributed by atoms with Gasteiger partial charge >= 0.3 is 0 Å². The number of hydrogen-bond donors (Lipinski definition) is 2. The van der Waals surface area contributed by atoms with Crippen molar-refractivity contribution in [2.45, 2.75) is 50.4 Å². The summed E-state index contributed by atoms with van der Waals surface area (Å²) in [5, 5.41) is 13.0. The lowest BCUT2D eigenvalue weighted by Gasteiger charge is -2.15. The average Bonchev–Trinajstić information content (AvgIpc) is 3.07. The van der Waals surface area contributed by atoms with E-state index in [1.165, 1.54) is 12.8 Å². The van der Waals surface area contributed by atoms with Crippen LogP contribution in [0.3, 0.4) is 0 Å². The lowest BCUT2D eigenvalue weighted by atomic mass is 10.2. The topological polar surface area (TPSA) is 60.0 Å². The maximum atomic E-state index is 9.76. The van der Waals surface area contributed by atoms with Crippen molar-refractivity contribution in [2.24, 2.45) is 0 Å². The number of ether oxygens (including phenoxy) is 3. The largest absolute Gasteiger partial charge is 0.389 e. The highest BCUT2D eigenvalue weighted by molar-refractivity contribution is 4.68. The van der Waals surface area contributed by atoms with Crippen molar-refractivity contribution in [3.8, 4) is 0 Å². The second kappa shape index (κ2) is 8.87. The molecular weight excluding hydrogens is 246 g/mol. The zero-order chi connectivity index (χ0) is 13.3. The predicted molar refractivity (Wildman–Crippen MR) is 72.3 cm³/mol. The van der Waals surface area contributed by atoms with E-state index in [2.05, 4.69) is 5.32 Å². The Kier molecular flexibility index (Phi) is 7.09. The van der Waals surface area contributed by atoms with Gasteiger partial charge in [-0.2, -0.15) is 0 Å².